The number of fused-ring (bicyclic) bond motifs is 1. The average molecular weight is 502 g/mol. The van der Waals surface area contributed by atoms with E-state index in [-0.39, 0.29) is 24.5 Å². The van der Waals surface area contributed by atoms with Gasteiger partial charge in [-0.05, 0) is 43.7 Å². The lowest BCUT2D eigenvalue weighted by Crippen LogP contribution is -2.14. The summed E-state index contributed by atoms with van der Waals surface area (Å²) in [5, 5.41) is 15.4. The quantitative estimate of drug-likeness (QED) is 0.248. The molecule has 0 aliphatic rings. The number of esters is 1. The summed E-state index contributed by atoms with van der Waals surface area (Å²) < 4.78 is 12.9. The van der Waals surface area contributed by atoms with E-state index in [1.54, 1.807) is 41.8 Å². The topological polar surface area (TPSA) is 112 Å². The van der Waals surface area contributed by atoms with Gasteiger partial charge in [0.1, 0.15) is 18.1 Å². The zero-order chi connectivity index (χ0) is 24.1. The van der Waals surface area contributed by atoms with Crippen LogP contribution in [0, 0.1) is 0 Å². The van der Waals surface area contributed by atoms with Crippen molar-refractivity contribution in [1.29, 1.82) is 0 Å². The van der Waals surface area contributed by atoms with Crippen molar-refractivity contribution in [2.45, 2.75) is 32.9 Å². The van der Waals surface area contributed by atoms with E-state index in [2.05, 4.69) is 20.6 Å². The van der Waals surface area contributed by atoms with E-state index < -0.39 is 5.97 Å². The van der Waals surface area contributed by atoms with Gasteiger partial charge in [0.15, 0.2) is 12.1 Å². The Morgan fingerprint density at radius 3 is 2.68 bits per heavy atom. The first-order valence-electron chi connectivity index (χ1n) is 10.6. The van der Waals surface area contributed by atoms with E-state index >= 15 is 0 Å². The molecule has 0 atom stereocenters. The van der Waals surface area contributed by atoms with Crippen molar-refractivity contribution in [1.82, 2.24) is 25.2 Å². The van der Waals surface area contributed by atoms with Gasteiger partial charge in [0.2, 0.25) is 0 Å². The number of rotatable bonds is 10. The number of hydrogen-bond donors (Lipinski definition) is 1. The normalized spacial score (nSPS) is 11.0. The number of hydrogen-bond acceptors (Lipinski definition) is 7. The predicted molar refractivity (Wildman–Crippen MR) is 127 cm³/mol. The fourth-order valence-corrected chi connectivity index (χ4v) is 4.24. The van der Waals surface area contributed by atoms with Crippen molar-refractivity contribution in [2.24, 2.45) is 0 Å². The van der Waals surface area contributed by atoms with Gasteiger partial charge in [-0.3, -0.25) is 4.79 Å². The highest BCUT2D eigenvalue weighted by molar-refractivity contribution is 6.35. The molecule has 9 nitrogen and oxygen atoms in total. The summed E-state index contributed by atoms with van der Waals surface area (Å²) in [4.78, 5) is 24.8. The number of aromatic nitrogens is 5. The first-order chi connectivity index (χ1) is 16.5. The molecule has 2 heterocycles. The minimum absolute atomic E-state index is 0.149. The molecule has 11 heteroatoms. The van der Waals surface area contributed by atoms with E-state index in [0.29, 0.717) is 63.8 Å². The number of carbonyl (C=O) groups excluding carboxylic acids is 2. The third-order valence-corrected chi connectivity index (χ3v) is 5.99. The van der Waals surface area contributed by atoms with Crippen LogP contribution in [0.3, 0.4) is 0 Å². The first kappa shape index (κ1) is 23.7. The molecule has 0 aliphatic heterocycles. The maximum Gasteiger partial charge on any atom is 0.355 e. The Bertz CT molecular complexity index is 1300. The van der Waals surface area contributed by atoms with Crippen LogP contribution in [0.4, 0.5) is 0 Å². The summed E-state index contributed by atoms with van der Waals surface area (Å²) in [7, 11) is 0. The Morgan fingerprint density at radius 1 is 1.21 bits per heavy atom. The van der Waals surface area contributed by atoms with Crippen molar-refractivity contribution in [3.05, 3.63) is 69.1 Å². The Hall–Kier alpha value is -3.43. The van der Waals surface area contributed by atoms with Gasteiger partial charge in [0.25, 0.3) is 0 Å². The summed E-state index contributed by atoms with van der Waals surface area (Å²) >= 11 is 12.5. The number of aldehydes is 1. The van der Waals surface area contributed by atoms with E-state index in [0.717, 1.165) is 0 Å². The zero-order valence-electron chi connectivity index (χ0n) is 18.3. The van der Waals surface area contributed by atoms with Crippen molar-refractivity contribution in [3.63, 3.8) is 0 Å². The molecule has 0 bridgehead atoms. The molecule has 0 saturated carbocycles. The van der Waals surface area contributed by atoms with Crippen LogP contribution in [0.15, 0.2) is 36.4 Å². The van der Waals surface area contributed by atoms with Crippen LogP contribution in [0.1, 0.15) is 45.6 Å². The van der Waals surface area contributed by atoms with Crippen molar-refractivity contribution < 1.29 is 19.1 Å². The number of aromatic amines is 1. The van der Waals surface area contributed by atoms with Crippen LogP contribution in [-0.2, 0) is 24.3 Å². The summed E-state index contributed by atoms with van der Waals surface area (Å²) in [6, 6.07) is 10.5. The summed E-state index contributed by atoms with van der Waals surface area (Å²) in [6.45, 7) is 2.50. The highest BCUT2D eigenvalue weighted by Crippen LogP contribution is 2.31. The molecule has 4 rings (SSSR count). The number of aryl methyl sites for hydroxylation is 2. The fourth-order valence-electron chi connectivity index (χ4n) is 3.73. The monoisotopic (exact) mass is 501 g/mol. The maximum absolute atomic E-state index is 12.8. The van der Waals surface area contributed by atoms with Crippen LogP contribution in [0.25, 0.3) is 10.9 Å². The molecule has 34 heavy (non-hydrogen) atoms. The Kier molecular flexibility index (Phi) is 7.44. The second-order valence-electron chi connectivity index (χ2n) is 7.35. The van der Waals surface area contributed by atoms with Gasteiger partial charge < -0.3 is 14.0 Å². The van der Waals surface area contributed by atoms with E-state index in [4.69, 9.17) is 32.7 Å². The van der Waals surface area contributed by atoms with Gasteiger partial charge in [-0.15, -0.1) is 10.2 Å². The molecule has 2 aromatic heterocycles. The Balaban J connectivity index is 1.67. The number of benzene rings is 2. The smallest absolute Gasteiger partial charge is 0.355 e. The first-order valence-corrected chi connectivity index (χ1v) is 11.4. The SMILES string of the molecule is CCOC(=O)c1c(C=O)c2cc(OCc3c(Cl)cccc3Cl)ccc2n1CCCc1nn[nH]n1. The standard InChI is InChI=1S/C23H21Cl2N5O4/c1-2-33-23(32)22-16(12-31)15-11-14(34-13-17-18(24)5-3-6-19(17)25)8-9-20(15)30(22)10-4-7-21-26-28-29-27-21/h3,5-6,8-9,11-12H,2,4,7,10,13H2,1H3,(H,26,27,28,29). The van der Waals surface area contributed by atoms with Gasteiger partial charge >= 0.3 is 5.97 Å². The minimum Gasteiger partial charge on any atom is -0.489 e. The third-order valence-electron chi connectivity index (χ3n) is 5.28. The van der Waals surface area contributed by atoms with Crippen molar-refractivity contribution in [2.75, 3.05) is 6.61 Å². The Morgan fingerprint density at radius 2 is 2.00 bits per heavy atom. The van der Waals surface area contributed by atoms with Crippen LogP contribution in [0.5, 0.6) is 5.75 Å². The fraction of sp³-hybridized carbons (Fsp3) is 0.261. The van der Waals surface area contributed by atoms with Gasteiger partial charge in [0.05, 0.1) is 12.2 Å². The molecule has 176 valence electrons. The molecule has 1 N–H and O–H groups in total. The second-order valence-corrected chi connectivity index (χ2v) is 8.17. The number of nitrogens with zero attached hydrogens (tertiary/aromatic N) is 4. The van der Waals surface area contributed by atoms with Gasteiger partial charge in [-0.25, -0.2) is 4.79 Å². The molecule has 0 amide bonds. The molecule has 0 fully saturated rings. The van der Waals surface area contributed by atoms with Crippen LogP contribution >= 0.6 is 23.2 Å². The molecule has 2 aromatic carbocycles. The number of H-pyrrole nitrogens is 1. The van der Waals surface area contributed by atoms with Gasteiger partial charge in [-0.1, -0.05) is 34.5 Å². The molecule has 0 radical (unpaired) electrons. The highest BCUT2D eigenvalue weighted by Gasteiger charge is 2.24. The number of tetrazole rings is 1. The van der Waals surface area contributed by atoms with Crippen LogP contribution in [0.2, 0.25) is 10.0 Å². The molecule has 0 saturated heterocycles. The van der Waals surface area contributed by atoms with Crippen LogP contribution in [-0.4, -0.2) is 44.1 Å². The summed E-state index contributed by atoms with van der Waals surface area (Å²) in [5.74, 6) is 0.510. The lowest BCUT2D eigenvalue weighted by molar-refractivity contribution is 0.0512. The summed E-state index contributed by atoms with van der Waals surface area (Å²) in [6.07, 6.45) is 1.84. The molecular weight excluding hydrogens is 481 g/mol. The highest BCUT2D eigenvalue weighted by atomic mass is 35.5. The maximum atomic E-state index is 12.8. The lowest BCUT2D eigenvalue weighted by Gasteiger charge is -2.11. The Labute approximate surface area is 204 Å². The van der Waals surface area contributed by atoms with E-state index in [1.807, 2.05) is 6.07 Å². The van der Waals surface area contributed by atoms with E-state index in [9.17, 15) is 9.59 Å². The molecule has 4 aromatic rings. The van der Waals surface area contributed by atoms with Gasteiger partial charge in [-0.2, -0.15) is 5.21 Å². The zero-order valence-corrected chi connectivity index (χ0v) is 19.8. The number of nitrogens with one attached hydrogen (secondary N) is 1. The molecular formula is C23H21Cl2N5O4. The van der Waals surface area contributed by atoms with Crippen molar-refractivity contribution >= 4 is 46.4 Å². The molecule has 0 aliphatic carbocycles. The predicted octanol–water partition coefficient (Wildman–Crippen LogP) is 4.66. The largest absolute Gasteiger partial charge is 0.489 e. The number of carbonyl (C=O) groups is 2. The second kappa shape index (κ2) is 10.7. The number of halogens is 2. The third kappa shape index (κ3) is 4.90. The lowest BCUT2D eigenvalue weighted by atomic mass is 10.1. The average Bonchev–Trinajstić information content (AvgIpc) is 3.45. The summed E-state index contributed by atoms with van der Waals surface area (Å²) in [5.41, 5.74) is 1.81. The molecule has 0 spiro atoms. The van der Waals surface area contributed by atoms with Crippen molar-refractivity contribution in [3.8, 4) is 5.75 Å². The van der Waals surface area contributed by atoms with Crippen LogP contribution < -0.4 is 4.74 Å². The van der Waals surface area contributed by atoms with Gasteiger partial charge in [0, 0.05) is 39.5 Å². The minimum atomic E-state index is -0.564. The van der Waals surface area contributed by atoms with E-state index in [1.165, 1.54) is 0 Å². The molecule has 0 unspecified atom stereocenters. The number of ether oxygens (including phenoxy) is 2.